The van der Waals surface area contributed by atoms with Crippen molar-refractivity contribution in [2.24, 2.45) is 0 Å². The molecule has 5 heteroatoms. The minimum Gasteiger partial charge on any atom is -0.347 e. The third-order valence-electron chi connectivity index (χ3n) is 2.66. The van der Waals surface area contributed by atoms with Crippen LogP contribution in [0.1, 0.15) is 31.6 Å². The standard InChI is InChI=1S/C10H16N4O/c1-8(9-11-4-5-12-9)13-10(15)14-6-2-3-7-14/h4-5,8H,2-3,6-7H2,1H3,(H,11,12)(H,13,15). The van der Waals surface area contributed by atoms with Crippen LogP contribution in [-0.4, -0.2) is 34.0 Å². The van der Waals surface area contributed by atoms with Gasteiger partial charge in [0.2, 0.25) is 0 Å². The van der Waals surface area contributed by atoms with Crippen molar-refractivity contribution < 1.29 is 4.79 Å². The van der Waals surface area contributed by atoms with E-state index < -0.39 is 0 Å². The molecule has 15 heavy (non-hydrogen) atoms. The van der Waals surface area contributed by atoms with Gasteiger partial charge in [-0.2, -0.15) is 0 Å². The number of urea groups is 1. The Morgan fingerprint density at radius 3 is 2.93 bits per heavy atom. The van der Waals surface area contributed by atoms with Crippen LogP contribution in [0, 0.1) is 0 Å². The molecule has 0 radical (unpaired) electrons. The molecule has 2 rings (SSSR count). The molecule has 1 aliphatic rings. The van der Waals surface area contributed by atoms with Crippen LogP contribution in [-0.2, 0) is 0 Å². The van der Waals surface area contributed by atoms with E-state index in [1.807, 2.05) is 11.8 Å². The summed E-state index contributed by atoms with van der Waals surface area (Å²) in [5.41, 5.74) is 0. The van der Waals surface area contributed by atoms with Crippen molar-refractivity contribution in [3.63, 3.8) is 0 Å². The summed E-state index contributed by atoms with van der Waals surface area (Å²) in [5.74, 6) is 0.794. The van der Waals surface area contributed by atoms with Crippen LogP contribution in [0.2, 0.25) is 0 Å². The summed E-state index contributed by atoms with van der Waals surface area (Å²) in [7, 11) is 0. The second kappa shape index (κ2) is 4.33. The number of hydrogen-bond donors (Lipinski definition) is 2. The van der Waals surface area contributed by atoms with Gasteiger partial charge in [0.15, 0.2) is 0 Å². The predicted octanol–water partition coefficient (Wildman–Crippen LogP) is 1.28. The molecule has 1 aliphatic heterocycles. The lowest BCUT2D eigenvalue weighted by Gasteiger charge is -2.19. The number of amides is 2. The number of aromatic amines is 1. The maximum absolute atomic E-state index is 11.7. The molecule has 1 aromatic rings. The van der Waals surface area contributed by atoms with Crippen LogP contribution >= 0.6 is 0 Å². The average molecular weight is 208 g/mol. The average Bonchev–Trinajstić information content (AvgIpc) is 2.91. The fourth-order valence-corrected chi connectivity index (χ4v) is 1.78. The second-order valence-electron chi connectivity index (χ2n) is 3.84. The fourth-order valence-electron chi connectivity index (χ4n) is 1.78. The third-order valence-corrected chi connectivity index (χ3v) is 2.66. The smallest absolute Gasteiger partial charge is 0.317 e. The van der Waals surface area contributed by atoms with E-state index in [1.165, 1.54) is 0 Å². The summed E-state index contributed by atoms with van der Waals surface area (Å²) in [6.45, 7) is 3.67. The van der Waals surface area contributed by atoms with E-state index >= 15 is 0 Å². The molecule has 5 nitrogen and oxygen atoms in total. The van der Waals surface area contributed by atoms with Crippen molar-refractivity contribution in [1.82, 2.24) is 20.2 Å². The number of aromatic nitrogens is 2. The molecule has 2 N–H and O–H groups in total. The molecule has 0 aromatic carbocycles. The molecular formula is C10H16N4O. The van der Waals surface area contributed by atoms with Gasteiger partial charge in [-0.05, 0) is 19.8 Å². The van der Waals surface area contributed by atoms with Gasteiger partial charge < -0.3 is 15.2 Å². The molecule has 2 heterocycles. The van der Waals surface area contributed by atoms with Crippen LogP contribution in [0.5, 0.6) is 0 Å². The summed E-state index contributed by atoms with van der Waals surface area (Å²) in [5, 5.41) is 2.92. The zero-order valence-corrected chi connectivity index (χ0v) is 8.86. The van der Waals surface area contributed by atoms with E-state index in [0.717, 1.165) is 31.8 Å². The molecule has 0 saturated carbocycles. The van der Waals surface area contributed by atoms with Gasteiger partial charge in [-0.3, -0.25) is 0 Å². The number of nitrogens with zero attached hydrogens (tertiary/aromatic N) is 2. The summed E-state index contributed by atoms with van der Waals surface area (Å²) in [6, 6.07) is -0.0514. The normalized spacial score (nSPS) is 17.8. The Balaban J connectivity index is 1.88. The molecule has 2 amide bonds. The number of rotatable bonds is 2. The quantitative estimate of drug-likeness (QED) is 0.769. The van der Waals surface area contributed by atoms with Crippen molar-refractivity contribution in [2.45, 2.75) is 25.8 Å². The molecular weight excluding hydrogens is 192 g/mol. The van der Waals surface area contributed by atoms with Crippen molar-refractivity contribution >= 4 is 6.03 Å². The predicted molar refractivity (Wildman–Crippen MR) is 56.3 cm³/mol. The molecule has 0 spiro atoms. The highest BCUT2D eigenvalue weighted by atomic mass is 16.2. The van der Waals surface area contributed by atoms with Crippen LogP contribution in [0.25, 0.3) is 0 Å². The van der Waals surface area contributed by atoms with E-state index in [9.17, 15) is 4.79 Å². The van der Waals surface area contributed by atoms with E-state index in [4.69, 9.17) is 0 Å². The Morgan fingerprint density at radius 1 is 1.60 bits per heavy atom. The lowest BCUT2D eigenvalue weighted by molar-refractivity contribution is 0.205. The third kappa shape index (κ3) is 2.29. The molecule has 82 valence electrons. The van der Waals surface area contributed by atoms with Crippen LogP contribution in [0.3, 0.4) is 0 Å². The Kier molecular flexibility index (Phi) is 2.89. The largest absolute Gasteiger partial charge is 0.347 e. The molecule has 0 aliphatic carbocycles. The lowest BCUT2D eigenvalue weighted by atomic mass is 10.3. The number of nitrogens with one attached hydrogen (secondary N) is 2. The minimum atomic E-state index is -0.0619. The number of carbonyl (C=O) groups excluding carboxylic acids is 1. The molecule has 1 aromatic heterocycles. The van der Waals surface area contributed by atoms with E-state index in [1.54, 1.807) is 12.4 Å². The van der Waals surface area contributed by atoms with Crippen LogP contribution < -0.4 is 5.32 Å². The van der Waals surface area contributed by atoms with Gasteiger partial charge in [-0.25, -0.2) is 9.78 Å². The van der Waals surface area contributed by atoms with E-state index in [2.05, 4.69) is 15.3 Å². The van der Waals surface area contributed by atoms with E-state index in [0.29, 0.717) is 0 Å². The lowest BCUT2D eigenvalue weighted by Crippen LogP contribution is -2.39. The SMILES string of the molecule is CC(NC(=O)N1CCCC1)c1ncc[nH]1. The topological polar surface area (TPSA) is 61.0 Å². The maximum atomic E-state index is 11.7. The maximum Gasteiger partial charge on any atom is 0.317 e. The Labute approximate surface area is 88.9 Å². The molecule has 1 unspecified atom stereocenters. The Morgan fingerprint density at radius 2 is 2.33 bits per heavy atom. The van der Waals surface area contributed by atoms with Gasteiger partial charge in [0.05, 0.1) is 6.04 Å². The summed E-state index contributed by atoms with van der Waals surface area (Å²) < 4.78 is 0. The van der Waals surface area contributed by atoms with Crippen molar-refractivity contribution in [2.75, 3.05) is 13.1 Å². The highest BCUT2D eigenvalue weighted by molar-refractivity contribution is 5.74. The molecule has 1 saturated heterocycles. The summed E-state index contributed by atoms with van der Waals surface area (Å²) in [4.78, 5) is 20.7. The van der Waals surface area contributed by atoms with Crippen LogP contribution in [0.15, 0.2) is 12.4 Å². The summed E-state index contributed by atoms with van der Waals surface area (Å²) in [6.07, 6.45) is 5.67. The van der Waals surface area contributed by atoms with Gasteiger partial charge in [0, 0.05) is 25.5 Å². The van der Waals surface area contributed by atoms with Crippen molar-refractivity contribution in [1.29, 1.82) is 0 Å². The second-order valence-corrected chi connectivity index (χ2v) is 3.84. The Hall–Kier alpha value is -1.52. The molecule has 1 fully saturated rings. The Bertz CT molecular complexity index is 316. The van der Waals surface area contributed by atoms with Gasteiger partial charge in [-0.1, -0.05) is 0 Å². The zero-order chi connectivity index (χ0) is 10.7. The molecule has 0 bridgehead atoms. The highest BCUT2D eigenvalue weighted by Crippen LogP contribution is 2.10. The fraction of sp³-hybridized carbons (Fsp3) is 0.600. The minimum absolute atomic E-state index is 0.0106. The number of carbonyl (C=O) groups is 1. The number of H-pyrrole nitrogens is 1. The number of likely N-dealkylation sites (tertiary alicyclic amines) is 1. The monoisotopic (exact) mass is 208 g/mol. The van der Waals surface area contributed by atoms with Crippen LogP contribution in [0.4, 0.5) is 4.79 Å². The first-order chi connectivity index (χ1) is 7.27. The summed E-state index contributed by atoms with van der Waals surface area (Å²) >= 11 is 0. The van der Waals surface area contributed by atoms with Gasteiger partial charge in [-0.15, -0.1) is 0 Å². The van der Waals surface area contributed by atoms with Gasteiger partial charge in [0.25, 0.3) is 0 Å². The molecule has 1 atom stereocenters. The first-order valence-corrected chi connectivity index (χ1v) is 5.32. The van der Waals surface area contributed by atoms with E-state index in [-0.39, 0.29) is 12.1 Å². The van der Waals surface area contributed by atoms with Crippen molar-refractivity contribution in [3.05, 3.63) is 18.2 Å². The highest BCUT2D eigenvalue weighted by Gasteiger charge is 2.20. The number of hydrogen-bond acceptors (Lipinski definition) is 2. The first-order valence-electron chi connectivity index (χ1n) is 5.32. The van der Waals surface area contributed by atoms with Gasteiger partial charge in [0.1, 0.15) is 5.82 Å². The van der Waals surface area contributed by atoms with Crippen molar-refractivity contribution in [3.8, 4) is 0 Å². The first kappa shape index (κ1) is 10.0. The van der Waals surface area contributed by atoms with Gasteiger partial charge >= 0.3 is 6.03 Å². The number of imidazole rings is 1. The zero-order valence-electron chi connectivity index (χ0n) is 8.86.